The molecule has 1 aromatic heterocycles. The van der Waals surface area contributed by atoms with Crippen LogP contribution in [0.1, 0.15) is 85.9 Å². The van der Waals surface area contributed by atoms with E-state index in [1.807, 2.05) is 20.8 Å². The van der Waals surface area contributed by atoms with Crippen LogP contribution >= 0.6 is 0 Å². The summed E-state index contributed by atoms with van der Waals surface area (Å²) in [5.74, 6) is 1.13. The Hall–Kier alpha value is -1.97. The zero-order valence-corrected chi connectivity index (χ0v) is 22.0. The summed E-state index contributed by atoms with van der Waals surface area (Å²) in [4.78, 5) is 16.7. The summed E-state index contributed by atoms with van der Waals surface area (Å²) in [6.45, 7) is 18.1. The van der Waals surface area contributed by atoms with Gasteiger partial charge in [-0.25, -0.2) is 0 Å². The monoisotopic (exact) mass is 473 g/mol. The van der Waals surface area contributed by atoms with Crippen molar-refractivity contribution in [2.24, 2.45) is 5.92 Å². The maximum Gasteiger partial charge on any atom is 0.489 e. The molecule has 34 heavy (non-hydrogen) atoms. The molecule has 0 bridgehead atoms. The molecule has 8 nitrogen and oxygen atoms in total. The molecule has 0 aliphatic carbocycles. The van der Waals surface area contributed by atoms with Crippen LogP contribution in [-0.4, -0.2) is 52.6 Å². The molecule has 2 fully saturated rings. The van der Waals surface area contributed by atoms with Crippen LogP contribution in [0.25, 0.3) is 0 Å². The Morgan fingerprint density at radius 1 is 1.24 bits per heavy atom. The summed E-state index contributed by atoms with van der Waals surface area (Å²) in [6.07, 6.45) is 7.12. The van der Waals surface area contributed by atoms with E-state index in [0.717, 1.165) is 18.3 Å². The molecule has 1 aromatic rings. The number of ether oxygens (including phenoxy) is 1. The van der Waals surface area contributed by atoms with E-state index in [0.29, 0.717) is 17.6 Å². The van der Waals surface area contributed by atoms with Gasteiger partial charge in [0.15, 0.2) is 5.82 Å². The van der Waals surface area contributed by atoms with Crippen LogP contribution in [0.2, 0.25) is 0 Å². The first-order valence-corrected chi connectivity index (χ1v) is 12.3. The molecule has 0 spiro atoms. The third-order valence-electron chi connectivity index (χ3n) is 7.33. The highest BCUT2D eigenvalue weighted by Crippen LogP contribution is 2.38. The van der Waals surface area contributed by atoms with Crippen molar-refractivity contribution in [2.45, 2.75) is 111 Å². The van der Waals surface area contributed by atoms with Crippen molar-refractivity contribution in [3.63, 3.8) is 0 Å². The van der Waals surface area contributed by atoms with Crippen LogP contribution in [0.5, 0.6) is 0 Å². The number of hydrogen-bond acceptors (Lipinski definition) is 7. The van der Waals surface area contributed by atoms with Gasteiger partial charge in [-0.2, -0.15) is 4.98 Å². The summed E-state index contributed by atoms with van der Waals surface area (Å²) in [6, 6.07) is -0.0423. The highest BCUT2D eigenvalue weighted by molar-refractivity contribution is 6.54. The minimum atomic E-state index is -0.349. The number of rotatable bonds is 7. The van der Waals surface area contributed by atoms with Crippen LogP contribution in [0, 0.1) is 12.8 Å². The molecule has 0 saturated carbocycles. The Morgan fingerprint density at radius 3 is 2.47 bits per heavy atom. The fourth-order valence-electron chi connectivity index (χ4n) is 4.19. The van der Waals surface area contributed by atoms with Gasteiger partial charge in [0.2, 0.25) is 11.8 Å². The SMILES string of the molecule is C/C(=C/C[C@@H]1O[C@H](C)[C@H](NC(=O)C=CC(C)c2noc(C)n2)C[C@@H]1C)B1OC(C)(C)C(C)(C)O1. The molecule has 9 heteroatoms. The molecule has 0 aromatic carbocycles. The molecule has 1 amide bonds. The van der Waals surface area contributed by atoms with Gasteiger partial charge in [-0.3, -0.25) is 4.79 Å². The second-order valence-corrected chi connectivity index (χ2v) is 10.8. The maximum absolute atomic E-state index is 12.5. The van der Waals surface area contributed by atoms with Crippen molar-refractivity contribution in [3.05, 3.63) is 35.4 Å². The van der Waals surface area contributed by atoms with Crippen molar-refractivity contribution >= 4 is 13.0 Å². The minimum Gasteiger partial charge on any atom is -0.400 e. The third kappa shape index (κ3) is 6.17. The van der Waals surface area contributed by atoms with Crippen molar-refractivity contribution < 1.29 is 23.4 Å². The van der Waals surface area contributed by atoms with Crippen LogP contribution in [0.3, 0.4) is 0 Å². The zero-order chi connectivity index (χ0) is 25.3. The number of amides is 1. The van der Waals surface area contributed by atoms with Crippen LogP contribution in [0.4, 0.5) is 0 Å². The van der Waals surface area contributed by atoms with E-state index in [9.17, 15) is 4.79 Å². The van der Waals surface area contributed by atoms with E-state index in [1.54, 1.807) is 13.0 Å². The van der Waals surface area contributed by atoms with E-state index in [-0.39, 0.29) is 48.4 Å². The quantitative estimate of drug-likeness (QED) is 0.466. The number of hydrogen-bond donors (Lipinski definition) is 1. The van der Waals surface area contributed by atoms with Crippen LogP contribution in [0.15, 0.2) is 28.2 Å². The average Bonchev–Trinajstić information content (AvgIpc) is 3.27. The van der Waals surface area contributed by atoms with Crippen molar-refractivity contribution in [1.29, 1.82) is 0 Å². The maximum atomic E-state index is 12.5. The molecule has 5 atom stereocenters. The molecular weight excluding hydrogens is 433 g/mol. The number of aromatic nitrogens is 2. The topological polar surface area (TPSA) is 95.7 Å². The standard InChI is InChI=1S/C25H40BN3O5/c1-15(23-27-19(5)32-29-23)10-13-22(30)28-20-14-16(2)21(31-18(20)4)12-11-17(3)26-33-24(6,7)25(8,9)34-26/h10-11,13,15-16,18,20-21H,12,14H2,1-9H3,(H,28,30)/b13-10?,17-11-/t15?,16-,18+,20+,21-/m0/s1. The third-order valence-corrected chi connectivity index (χ3v) is 7.33. The van der Waals surface area contributed by atoms with Crippen molar-refractivity contribution in [2.75, 3.05) is 0 Å². The normalized spacial score (nSPS) is 30.0. The van der Waals surface area contributed by atoms with Gasteiger partial charge in [0, 0.05) is 12.8 Å². The molecule has 1 unspecified atom stereocenters. The summed E-state index contributed by atoms with van der Waals surface area (Å²) < 4.78 is 23.6. The molecule has 3 rings (SSSR count). The fourth-order valence-corrected chi connectivity index (χ4v) is 4.19. The predicted octanol–water partition coefficient (Wildman–Crippen LogP) is 4.30. The highest BCUT2D eigenvalue weighted by Gasteiger charge is 2.51. The summed E-state index contributed by atoms with van der Waals surface area (Å²) in [5, 5.41) is 6.99. The van der Waals surface area contributed by atoms with E-state index in [4.69, 9.17) is 18.6 Å². The lowest BCUT2D eigenvalue weighted by Gasteiger charge is -2.39. The van der Waals surface area contributed by atoms with Gasteiger partial charge in [0.25, 0.3) is 0 Å². The Morgan fingerprint density at radius 2 is 1.88 bits per heavy atom. The minimum absolute atomic E-state index is 0.0423. The van der Waals surface area contributed by atoms with E-state index < -0.39 is 0 Å². The van der Waals surface area contributed by atoms with E-state index >= 15 is 0 Å². The van der Waals surface area contributed by atoms with Gasteiger partial charge in [0.1, 0.15) is 0 Å². The van der Waals surface area contributed by atoms with Gasteiger partial charge < -0.3 is 23.9 Å². The first-order valence-electron chi connectivity index (χ1n) is 12.3. The summed E-state index contributed by atoms with van der Waals surface area (Å²) in [5.41, 5.74) is 0.365. The lowest BCUT2D eigenvalue weighted by Crippen LogP contribution is -2.50. The molecule has 188 valence electrons. The Kier molecular flexibility index (Phi) is 8.10. The van der Waals surface area contributed by atoms with E-state index in [1.165, 1.54) is 6.08 Å². The lowest BCUT2D eigenvalue weighted by molar-refractivity contribution is -0.123. The second kappa shape index (κ2) is 10.3. The second-order valence-electron chi connectivity index (χ2n) is 10.8. The molecule has 2 aliphatic heterocycles. The Labute approximate surface area is 204 Å². The number of carbonyl (C=O) groups is 1. The molecule has 1 N–H and O–H groups in total. The van der Waals surface area contributed by atoms with E-state index in [2.05, 4.69) is 56.2 Å². The van der Waals surface area contributed by atoms with Crippen LogP contribution < -0.4 is 5.32 Å². The van der Waals surface area contributed by atoms with Crippen molar-refractivity contribution in [3.8, 4) is 0 Å². The molecule has 2 aliphatic rings. The summed E-state index contributed by atoms with van der Waals surface area (Å²) in [7, 11) is -0.334. The number of nitrogens with zero attached hydrogens (tertiary/aromatic N) is 2. The first-order chi connectivity index (χ1) is 15.8. The molecule has 3 heterocycles. The van der Waals surface area contributed by atoms with Crippen LogP contribution in [-0.2, 0) is 18.8 Å². The number of aryl methyl sites for hydroxylation is 1. The number of allylic oxidation sites excluding steroid dienone is 2. The Bertz CT molecular complexity index is 909. The fraction of sp³-hybridized carbons (Fsp3) is 0.720. The predicted molar refractivity (Wildman–Crippen MR) is 131 cm³/mol. The highest BCUT2D eigenvalue weighted by atomic mass is 16.7. The summed E-state index contributed by atoms with van der Waals surface area (Å²) >= 11 is 0. The largest absolute Gasteiger partial charge is 0.489 e. The van der Waals surface area contributed by atoms with Crippen molar-refractivity contribution in [1.82, 2.24) is 15.5 Å². The average molecular weight is 473 g/mol. The Balaban J connectivity index is 1.50. The van der Waals surface area contributed by atoms with Gasteiger partial charge >= 0.3 is 7.12 Å². The van der Waals surface area contributed by atoms with Gasteiger partial charge in [-0.05, 0) is 71.9 Å². The molecular formula is C25H40BN3O5. The lowest BCUT2D eigenvalue weighted by atomic mass is 9.78. The van der Waals surface area contributed by atoms with Gasteiger partial charge in [0.05, 0.1) is 29.5 Å². The zero-order valence-electron chi connectivity index (χ0n) is 22.0. The van der Waals surface area contributed by atoms with Gasteiger partial charge in [-0.15, -0.1) is 0 Å². The van der Waals surface area contributed by atoms with Gasteiger partial charge in [-0.1, -0.05) is 31.2 Å². The molecule has 2 saturated heterocycles. The smallest absolute Gasteiger partial charge is 0.400 e. The first kappa shape index (κ1) is 26.6. The number of carbonyl (C=O) groups excluding carboxylic acids is 1. The molecule has 0 radical (unpaired) electrons. The number of nitrogens with one attached hydrogen (secondary N) is 1.